The van der Waals surface area contributed by atoms with Gasteiger partial charge in [-0.2, -0.15) is 17.9 Å². The van der Waals surface area contributed by atoms with Crippen molar-refractivity contribution < 1.29 is 48.7 Å². The van der Waals surface area contributed by atoms with Crippen LogP contribution in [-0.2, 0) is 21.3 Å². The molecule has 0 spiro atoms. The van der Waals surface area contributed by atoms with Crippen molar-refractivity contribution in [1.29, 1.82) is 0 Å². The minimum absolute atomic E-state index is 0.113. The van der Waals surface area contributed by atoms with Crippen LogP contribution in [0, 0.1) is 11.6 Å². The number of aromatic nitrogens is 1. The maximum atomic E-state index is 15.1. The minimum Gasteiger partial charge on any atom is -0.385 e. The van der Waals surface area contributed by atoms with Crippen LogP contribution in [0.5, 0.6) is 0 Å². The number of hydrogen-bond acceptors (Lipinski definition) is 4. The average Bonchev–Trinajstić information content (AvgIpc) is 3.05. The van der Waals surface area contributed by atoms with Gasteiger partial charge in [-0.05, 0) is 31.5 Å². The molecule has 0 unspecified atom stereocenters. The van der Waals surface area contributed by atoms with Gasteiger partial charge >= 0.3 is 6.18 Å². The van der Waals surface area contributed by atoms with E-state index in [-0.39, 0.29) is 25.3 Å². The van der Waals surface area contributed by atoms with Crippen LogP contribution in [0.3, 0.4) is 0 Å². The Morgan fingerprint density at radius 2 is 1.85 bits per heavy atom. The summed E-state index contributed by atoms with van der Waals surface area (Å²) < 4.78 is 125. The van der Waals surface area contributed by atoms with Crippen molar-refractivity contribution >= 4 is 21.6 Å². The van der Waals surface area contributed by atoms with E-state index in [9.17, 15) is 39.6 Å². The van der Waals surface area contributed by atoms with Gasteiger partial charge in [-0.3, -0.25) is 4.79 Å². The van der Waals surface area contributed by atoms with Gasteiger partial charge in [0.2, 0.25) is 10.0 Å². The number of anilines is 1. The molecule has 1 aromatic heterocycles. The second-order valence-corrected chi connectivity index (χ2v) is 8.75. The fraction of sp³-hybridized carbons (Fsp3) is 0.421. The van der Waals surface area contributed by atoms with Crippen molar-refractivity contribution in [3.63, 3.8) is 0 Å². The number of methoxy groups -OCH3 is 1. The molecule has 15 heteroatoms. The predicted octanol–water partition coefficient (Wildman–Crippen LogP) is 4.22. The molecular weight excluding hydrogens is 499 g/mol. The van der Waals surface area contributed by atoms with Gasteiger partial charge < -0.3 is 14.6 Å². The van der Waals surface area contributed by atoms with Crippen molar-refractivity contribution in [2.75, 3.05) is 19.0 Å². The van der Waals surface area contributed by atoms with Crippen LogP contribution in [0.25, 0.3) is 0 Å². The standard InChI is InChI=1S/C19H20F7N3O4S/c1-10(19(24,25)26)28-34(31,32)14-9-29(6-3-7-33-2)16(15(14)21)18(30)27-11-4-5-13(20)12(8-11)17(22)23/h4-5,8-10,17,28H,3,6-7H2,1-2H3,(H,27,30)/t10-/m1/s1. The zero-order valence-electron chi connectivity index (χ0n) is 17.7. The average molecular weight is 519 g/mol. The van der Waals surface area contributed by atoms with E-state index in [1.165, 1.54) is 11.8 Å². The molecule has 2 N–H and O–H groups in total. The van der Waals surface area contributed by atoms with Crippen LogP contribution < -0.4 is 10.0 Å². The SMILES string of the molecule is COCCCn1cc(S(=O)(=O)N[C@H](C)C(F)(F)F)c(F)c1C(=O)Nc1ccc(F)c(C(F)F)c1. The number of ether oxygens (including phenoxy) is 1. The molecule has 0 aliphatic heterocycles. The molecule has 34 heavy (non-hydrogen) atoms. The summed E-state index contributed by atoms with van der Waals surface area (Å²) in [6, 6.07) is -0.390. The number of amides is 1. The highest BCUT2D eigenvalue weighted by atomic mass is 32.2. The molecule has 0 saturated carbocycles. The van der Waals surface area contributed by atoms with Gasteiger partial charge in [0.05, 0.1) is 5.56 Å². The van der Waals surface area contributed by atoms with E-state index >= 15 is 4.39 Å². The first-order valence-corrected chi connectivity index (χ1v) is 11.0. The molecule has 0 bridgehead atoms. The molecular formula is C19H20F7N3O4S. The molecule has 2 aromatic rings. The van der Waals surface area contributed by atoms with E-state index < -0.39 is 62.4 Å². The molecule has 0 fully saturated rings. The number of carbonyl (C=O) groups is 1. The summed E-state index contributed by atoms with van der Waals surface area (Å²) in [6.07, 6.45) is -7.39. The van der Waals surface area contributed by atoms with E-state index in [2.05, 4.69) is 5.32 Å². The second-order valence-electron chi connectivity index (χ2n) is 7.07. The molecule has 0 saturated heterocycles. The summed E-state index contributed by atoms with van der Waals surface area (Å²) in [4.78, 5) is 11.5. The maximum absolute atomic E-state index is 15.1. The van der Waals surface area contributed by atoms with E-state index in [1.807, 2.05) is 0 Å². The third-order valence-electron chi connectivity index (χ3n) is 4.55. The molecule has 7 nitrogen and oxygen atoms in total. The molecule has 1 atom stereocenters. The Morgan fingerprint density at radius 3 is 2.41 bits per heavy atom. The first kappa shape index (κ1) is 27.6. The molecule has 190 valence electrons. The Bertz CT molecular complexity index is 1130. The quantitative estimate of drug-likeness (QED) is 0.364. The van der Waals surface area contributed by atoms with Gasteiger partial charge in [0.1, 0.15) is 22.4 Å². The fourth-order valence-electron chi connectivity index (χ4n) is 2.82. The van der Waals surface area contributed by atoms with E-state index in [0.29, 0.717) is 25.3 Å². The van der Waals surface area contributed by atoms with Crippen LogP contribution >= 0.6 is 0 Å². The number of nitrogens with one attached hydrogen (secondary N) is 2. The molecule has 1 aromatic carbocycles. The number of sulfonamides is 1. The first-order chi connectivity index (χ1) is 15.7. The van der Waals surface area contributed by atoms with E-state index in [0.717, 1.165) is 10.6 Å². The van der Waals surface area contributed by atoms with Gasteiger partial charge in [-0.25, -0.2) is 26.0 Å². The maximum Gasteiger partial charge on any atom is 0.404 e. The Hall–Kier alpha value is -2.65. The highest BCUT2D eigenvalue weighted by Gasteiger charge is 2.40. The molecule has 0 aliphatic carbocycles. The number of aryl methyl sites for hydroxylation is 1. The van der Waals surface area contributed by atoms with Crippen LogP contribution in [0.4, 0.5) is 36.4 Å². The van der Waals surface area contributed by atoms with Gasteiger partial charge in [-0.1, -0.05) is 0 Å². The van der Waals surface area contributed by atoms with Crippen LogP contribution in [0.15, 0.2) is 29.3 Å². The van der Waals surface area contributed by atoms with E-state index in [4.69, 9.17) is 4.74 Å². The number of benzene rings is 1. The monoisotopic (exact) mass is 519 g/mol. The van der Waals surface area contributed by atoms with Gasteiger partial charge in [0.15, 0.2) is 5.82 Å². The molecule has 1 amide bonds. The lowest BCUT2D eigenvalue weighted by atomic mass is 10.2. The van der Waals surface area contributed by atoms with Gasteiger partial charge in [-0.15, -0.1) is 0 Å². The highest BCUT2D eigenvalue weighted by Crippen LogP contribution is 2.28. The number of carbonyl (C=O) groups excluding carboxylic acids is 1. The minimum atomic E-state index is -5.06. The van der Waals surface area contributed by atoms with Gasteiger partial charge in [0.25, 0.3) is 12.3 Å². The fourth-order valence-corrected chi connectivity index (χ4v) is 4.15. The van der Waals surface area contributed by atoms with Crippen molar-refractivity contribution in [1.82, 2.24) is 9.29 Å². The largest absolute Gasteiger partial charge is 0.404 e. The highest BCUT2D eigenvalue weighted by molar-refractivity contribution is 7.89. The molecule has 1 heterocycles. The van der Waals surface area contributed by atoms with E-state index in [1.54, 1.807) is 0 Å². The van der Waals surface area contributed by atoms with Crippen molar-refractivity contribution in [2.24, 2.45) is 0 Å². The zero-order chi connectivity index (χ0) is 25.8. The number of halogens is 7. The topological polar surface area (TPSA) is 89.4 Å². The van der Waals surface area contributed by atoms with Gasteiger partial charge in [0, 0.05) is 32.1 Å². The predicted molar refractivity (Wildman–Crippen MR) is 106 cm³/mol. The lowest BCUT2D eigenvalue weighted by molar-refractivity contribution is -0.147. The lowest BCUT2D eigenvalue weighted by Crippen LogP contribution is -2.43. The third kappa shape index (κ3) is 6.48. The first-order valence-electron chi connectivity index (χ1n) is 9.54. The Balaban J connectivity index is 2.46. The summed E-state index contributed by atoms with van der Waals surface area (Å²) >= 11 is 0. The van der Waals surface area contributed by atoms with Crippen molar-refractivity contribution in [2.45, 2.75) is 43.4 Å². The summed E-state index contributed by atoms with van der Waals surface area (Å²) in [5.74, 6) is -4.21. The summed E-state index contributed by atoms with van der Waals surface area (Å²) in [6.45, 7) is 0.444. The third-order valence-corrected chi connectivity index (χ3v) is 6.08. The van der Waals surface area contributed by atoms with Crippen LogP contribution in [0.2, 0.25) is 0 Å². The number of nitrogens with zero attached hydrogens (tertiary/aromatic N) is 1. The lowest BCUT2D eigenvalue weighted by Gasteiger charge is -2.16. The second kappa shape index (κ2) is 10.7. The summed E-state index contributed by atoms with van der Waals surface area (Å²) in [5.41, 5.74) is -2.28. The van der Waals surface area contributed by atoms with Crippen molar-refractivity contribution in [3.8, 4) is 0 Å². The number of rotatable bonds is 10. The van der Waals surface area contributed by atoms with Crippen LogP contribution in [-0.4, -0.2) is 44.8 Å². The zero-order valence-corrected chi connectivity index (χ0v) is 18.5. The molecule has 0 radical (unpaired) electrons. The normalized spacial score (nSPS) is 13.4. The number of hydrogen-bond donors (Lipinski definition) is 2. The number of alkyl halides is 5. The molecule has 2 rings (SSSR count). The molecule has 0 aliphatic rings. The Labute approximate surface area is 189 Å². The summed E-state index contributed by atoms with van der Waals surface area (Å²) in [7, 11) is -3.72. The smallest absolute Gasteiger partial charge is 0.385 e. The van der Waals surface area contributed by atoms with Crippen LogP contribution in [0.1, 0.15) is 35.8 Å². The Kier molecular flexibility index (Phi) is 8.71. The van der Waals surface area contributed by atoms with Crippen molar-refractivity contribution in [3.05, 3.63) is 47.3 Å². The Morgan fingerprint density at radius 1 is 1.21 bits per heavy atom. The summed E-state index contributed by atoms with van der Waals surface area (Å²) in [5, 5.41) is 2.06.